The minimum absolute atomic E-state index is 0.167. The highest BCUT2D eigenvalue weighted by molar-refractivity contribution is 7.85. The Bertz CT molecular complexity index is 1710. The van der Waals surface area contributed by atoms with Crippen LogP contribution in [0.4, 0.5) is 11.4 Å². The molecule has 2 aliphatic heterocycles. The van der Waals surface area contributed by atoms with E-state index < -0.39 is 16.1 Å². The van der Waals surface area contributed by atoms with Gasteiger partial charge in [-0.1, -0.05) is 73.6 Å². The number of aliphatic carboxylic acids is 1. The monoisotopic (exact) mass is 631 g/mol. The van der Waals surface area contributed by atoms with Gasteiger partial charge in [-0.05, 0) is 64.3 Å². The highest BCUT2D eigenvalue weighted by atomic mass is 32.2. The standard InChI is InChI=1S/C37H46N2O5S/c1-27-18-20-31-29(25-27)36(3,4)33(38(31)22-14-10-13-17-35(40)41)15-11-8-7-9-12-16-34-37(5,6)30-26-28(2)19-21-32(30)39(34)23-24-45(42,43)44/h7-9,11-12,15-16,18-21,25-26H,10,13-14,17,22-24H2,1-6H3,(H-,40,41,42,43,44)/p+1. The summed E-state index contributed by atoms with van der Waals surface area (Å²) in [5, 5.41) is 8.98. The van der Waals surface area contributed by atoms with Gasteiger partial charge in [0.25, 0.3) is 10.1 Å². The van der Waals surface area contributed by atoms with Crippen molar-refractivity contribution in [2.24, 2.45) is 0 Å². The minimum Gasteiger partial charge on any atom is -0.481 e. The summed E-state index contributed by atoms with van der Waals surface area (Å²) < 4.78 is 35.0. The molecule has 2 aliphatic rings. The van der Waals surface area contributed by atoms with Crippen molar-refractivity contribution in [3.05, 3.63) is 107 Å². The molecule has 0 aliphatic carbocycles. The maximum absolute atomic E-state index is 11.6. The smallest absolute Gasteiger partial charge is 0.303 e. The predicted octanol–water partition coefficient (Wildman–Crippen LogP) is 7.56. The van der Waals surface area contributed by atoms with Gasteiger partial charge in [-0.3, -0.25) is 9.35 Å². The van der Waals surface area contributed by atoms with E-state index in [1.165, 1.54) is 22.5 Å². The zero-order chi connectivity index (χ0) is 33.0. The van der Waals surface area contributed by atoms with E-state index in [-0.39, 0.29) is 29.5 Å². The first kappa shape index (κ1) is 34.1. The van der Waals surface area contributed by atoms with Gasteiger partial charge in [-0.15, -0.1) is 0 Å². The van der Waals surface area contributed by atoms with E-state index in [9.17, 15) is 17.8 Å². The summed E-state index contributed by atoms with van der Waals surface area (Å²) in [5.41, 5.74) is 8.68. The van der Waals surface area contributed by atoms with Gasteiger partial charge in [0.15, 0.2) is 5.71 Å². The Morgan fingerprint density at radius 2 is 1.51 bits per heavy atom. The number of allylic oxidation sites excluding steroid dienone is 8. The minimum atomic E-state index is -4.10. The molecular weight excluding hydrogens is 584 g/mol. The summed E-state index contributed by atoms with van der Waals surface area (Å²) in [4.78, 5) is 12.9. The zero-order valence-electron chi connectivity index (χ0n) is 27.4. The molecular formula is C37H47N2O5S+. The molecule has 2 N–H and O–H groups in total. The normalized spacial score (nSPS) is 18.2. The van der Waals surface area contributed by atoms with Gasteiger partial charge in [0.1, 0.15) is 6.54 Å². The van der Waals surface area contributed by atoms with Crippen LogP contribution in [-0.4, -0.2) is 53.2 Å². The summed E-state index contributed by atoms with van der Waals surface area (Å²) >= 11 is 0. The molecule has 0 amide bonds. The Labute approximate surface area is 268 Å². The largest absolute Gasteiger partial charge is 0.481 e. The number of unbranched alkanes of at least 4 members (excludes halogenated alkanes) is 2. The predicted molar refractivity (Wildman–Crippen MR) is 184 cm³/mol. The molecule has 0 saturated carbocycles. The molecule has 0 spiro atoms. The van der Waals surface area contributed by atoms with E-state index in [1.807, 2.05) is 54.3 Å². The van der Waals surface area contributed by atoms with Gasteiger partial charge in [0.2, 0.25) is 5.69 Å². The van der Waals surface area contributed by atoms with Gasteiger partial charge in [-0.2, -0.15) is 13.0 Å². The van der Waals surface area contributed by atoms with Crippen molar-refractivity contribution in [3.8, 4) is 0 Å². The summed E-state index contributed by atoms with van der Waals surface area (Å²) in [7, 11) is -4.10. The second-order valence-electron chi connectivity index (χ2n) is 13.2. The van der Waals surface area contributed by atoms with Crippen molar-refractivity contribution in [3.63, 3.8) is 0 Å². The van der Waals surface area contributed by atoms with E-state index >= 15 is 0 Å². The Kier molecular flexibility index (Phi) is 10.4. The molecule has 0 bridgehead atoms. The average molecular weight is 632 g/mol. The number of carboxylic acids is 1. The van der Waals surface area contributed by atoms with Crippen LogP contribution in [0.25, 0.3) is 0 Å². The Morgan fingerprint density at radius 1 is 0.867 bits per heavy atom. The topological polar surface area (TPSA) is 97.9 Å². The average Bonchev–Trinajstić information content (AvgIpc) is 3.28. The van der Waals surface area contributed by atoms with Crippen LogP contribution in [0.5, 0.6) is 0 Å². The van der Waals surface area contributed by atoms with Crippen molar-refractivity contribution >= 4 is 33.2 Å². The molecule has 240 valence electrons. The number of fused-ring (bicyclic) bond motifs is 2. The number of carboxylic acid groups (broad SMARTS) is 1. The van der Waals surface area contributed by atoms with E-state index in [1.54, 1.807) is 0 Å². The van der Waals surface area contributed by atoms with E-state index in [0.717, 1.165) is 41.9 Å². The molecule has 45 heavy (non-hydrogen) atoms. The van der Waals surface area contributed by atoms with Crippen LogP contribution in [0, 0.1) is 13.8 Å². The molecule has 8 heteroatoms. The van der Waals surface area contributed by atoms with Gasteiger partial charge < -0.3 is 10.0 Å². The van der Waals surface area contributed by atoms with Crippen molar-refractivity contribution in [1.29, 1.82) is 0 Å². The number of benzene rings is 2. The maximum Gasteiger partial charge on any atom is 0.303 e. The summed E-state index contributed by atoms with van der Waals surface area (Å²) in [6.07, 6.45) is 16.8. The Balaban J connectivity index is 1.53. The van der Waals surface area contributed by atoms with Crippen LogP contribution in [0.1, 0.15) is 75.6 Å². The van der Waals surface area contributed by atoms with Crippen LogP contribution in [0.15, 0.2) is 84.6 Å². The lowest BCUT2D eigenvalue weighted by Crippen LogP contribution is -2.30. The van der Waals surface area contributed by atoms with Gasteiger partial charge >= 0.3 is 5.97 Å². The number of aryl methyl sites for hydroxylation is 2. The number of rotatable bonds is 13. The number of nitrogens with zero attached hydrogens (tertiary/aromatic N) is 2. The molecule has 0 aromatic heterocycles. The Morgan fingerprint density at radius 3 is 2.20 bits per heavy atom. The third-order valence-corrected chi connectivity index (χ3v) is 9.59. The molecule has 7 nitrogen and oxygen atoms in total. The maximum atomic E-state index is 11.6. The fourth-order valence-corrected chi connectivity index (χ4v) is 6.89. The molecule has 0 atom stereocenters. The lowest BCUT2D eigenvalue weighted by atomic mass is 9.81. The lowest BCUT2D eigenvalue weighted by Gasteiger charge is -2.26. The molecule has 0 unspecified atom stereocenters. The molecule has 2 aromatic carbocycles. The summed E-state index contributed by atoms with van der Waals surface area (Å²) in [6.45, 7) is 13.9. The zero-order valence-corrected chi connectivity index (χ0v) is 28.2. The van der Waals surface area contributed by atoms with Crippen LogP contribution >= 0.6 is 0 Å². The van der Waals surface area contributed by atoms with Gasteiger partial charge in [-0.25, -0.2) is 0 Å². The fraction of sp³-hybridized carbons (Fsp3) is 0.405. The van der Waals surface area contributed by atoms with Gasteiger partial charge in [0.05, 0.1) is 11.2 Å². The van der Waals surface area contributed by atoms with Crippen LogP contribution < -0.4 is 4.90 Å². The fourth-order valence-electron chi connectivity index (χ4n) is 6.48. The third kappa shape index (κ3) is 7.92. The van der Waals surface area contributed by atoms with Crippen molar-refractivity contribution in [2.75, 3.05) is 23.7 Å². The van der Waals surface area contributed by atoms with E-state index in [4.69, 9.17) is 5.11 Å². The molecule has 0 fully saturated rings. The van der Waals surface area contributed by atoms with E-state index in [2.05, 4.69) is 75.6 Å². The number of anilines is 1. The summed E-state index contributed by atoms with van der Waals surface area (Å²) in [6, 6.07) is 12.8. The molecule has 4 rings (SSSR count). The second-order valence-corrected chi connectivity index (χ2v) is 14.7. The first-order valence-electron chi connectivity index (χ1n) is 15.7. The van der Waals surface area contributed by atoms with E-state index in [0.29, 0.717) is 6.42 Å². The van der Waals surface area contributed by atoms with Gasteiger partial charge in [0, 0.05) is 53.9 Å². The molecule has 0 radical (unpaired) electrons. The highest BCUT2D eigenvalue weighted by Crippen LogP contribution is 2.48. The number of hydrogen-bond donors (Lipinski definition) is 2. The van der Waals surface area contributed by atoms with Crippen LogP contribution in [0.3, 0.4) is 0 Å². The molecule has 2 aromatic rings. The first-order valence-corrected chi connectivity index (χ1v) is 17.3. The quantitative estimate of drug-likeness (QED) is 0.102. The highest BCUT2D eigenvalue weighted by Gasteiger charge is 2.44. The summed E-state index contributed by atoms with van der Waals surface area (Å²) in [5.74, 6) is -1.09. The first-order chi connectivity index (χ1) is 21.1. The lowest BCUT2D eigenvalue weighted by molar-refractivity contribution is -0.438. The van der Waals surface area contributed by atoms with Crippen molar-refractivity contribution < 1.29 is 27.4 Å². The molecule has 2 heterocycles. The van der Waals surface area contributed by atoms with Crippen molar-refractivity contribution in [1.82, 2.24) is 0 Å². The van der Waals surface area contributed by atoms with Crippen LogP contribution in [-0.2, 0) is 25.7 Å². The van der Waals surface area contributed by atoms with Crippen LogP contribution in [0.2, 0.25) is 0 Å². The Hall–Kier alpha value is -3.75. The number of hydrogen-bond acceptors (Lipinski definition) is 4. The SMILES string of the molecule is Cc1ccc2c(c1)C(C)(C)C(/C=C/C=C/C=C/C=C1/N(CCS(=O)(=O)O)c3ccc(C)cc3C1(C)C)=[N+]2CCCCCC(=O)O. The number of carbonyl (C=O) groups is 1. The third-order valence-electron chi connectivity index (χ3n) is 8.89. The van der Waals surface area contributed by atoms with Crippen molar-refractivity contribution in [2.45, 2.75) is 78.1 Å². The second kappa shape index (κ2) is 13.7. The molecule has 0 saturated heterocycles.